The third-order valence-electron chi connectivity index (χ3n) is 1.42. The standard InChI is InChI=1S/C9H12N2O6/c1-4(2)6(12)11-9(16)17-5(3)10-7(13)8(14)15/h5H,1H2,2-3H3,(H,10,13)(H,14,15)(H,11,12,16). The van der Waals surface area contributed by atoms with Crippen molar-refractivity contribution in [3.8, 4) is 0 Å². The molecule has 0 heterocycles. The molecule has 3 amide bonds. The minimum Gasteiger partial charge on any atom is -0.474 e. The molecule has 0 fully saturated rings. The van der Waals surface area contributed by atoms with Gasteiger partial charge in [-0.1, -0.05) is 6.58 Å². The van der Waals surface area contributed by atoms with Crippen LogP contribution in [0.1, 0.15) is 13.8 Å². The maximum atomic E-state index is 11.0. The predicted octanol–water partition coefficient (Wildman–Crippen LogP) is -0.638. The minimum absolute atomic E-state index is 0.101. The molecule has 0 saturated carbocycles. The van der Waals surface area contributed by atoms with Crippen molar-refractivity contribution in [1.82, 2.24) is 10.6 Å². The van der Waals surface area contributed by atoms with E-state index in [-0.39, 0.29) is 5.57 Å². The van der Waals surface area contributed by atoms with Gasteiger partial charge in [-0.3, -0.25) is 14.9 Å². The number of imide groups is 1. The fourth-order valence-corrected chi connectivity index (χ4v) is 0.665. The summed E-state index contributed by atoms with van der Waals surface area (Å²) in [6, 6.07) is 0. The molecular weight excluding hydrogens is 232 g/mol. The van der Waals surface area contributed by atoms with Crippen molar-refractivity contribution in [1.29, 1.82) is 0 Å². The van der Waals surface area contributed by atoms with Crippen molar-refractivity contribution >= 4 is 23.9 Å². The van der Waals surface area contributed by atoms with Gasteiger partial charge in [0.1, 0.15) is 0 Å². The van der Waals surface area contributed by atoms with Crippen molar-refractivity contribution in [2.45, 2.75) is 20.1 Å². The first-order valence-corrected chi connectivity index (χ1v) is 4.45. The number of hydrogen-bond acceptors (Lipinski definition) is 5. The smallest absolute Gasteiger partial charge is 0.416 e. The number of nitrogens with one attached hydrogen (secondary N) is 2. The lowest BCUT2D eigenvalue weighted by Gasteiger charge is -2.13. The number of aliphatic carboxylic acids is 1. The summed E-state index contributed by atoms with van der Waals surface area (Å²) in [5.41, 5.74) is 0.101. The molecule has 0 bridgehead atoms. The van der Waals surface area contributed by atoms with Gasteiger partial charge in [0, 0.05) is 5.57 Å². The summed E-state index contributed by atoms with van der Waals surface area (Å²) in [4.78, 5) is 42.8. The quantitative estimate of drug-likeness (QED) is 0.345. The normalized spacial score (nSPS) is 10.9. The first kappa shape index (κ1) is 14.6. The van der Waals surface area contributed by atoms with Gasteiger partial charge in [0.2, 0.25) is 0 Å². The van der Waals surface area contributed by atoms with Crippen LogP contribution in [-0.2, 0) is 19.1 Å². The van der Waals surface area contributed by atoms with Crippen LogP contribution in [0.3, 0.4) is 0 Å². The van der Waals surface area contributed by atoms with E-state index in [1.165, 1.54) is 13.8 Å². The third-order valence-corrected chi connectivity index (χ3v) is 1.42. The van der Waals surface area contributed by atoms with Crippen molar-refractivity contribution in [2.75, 3.05) is 0 Å². The molecule has 0 saturated heterocycles. The summed E-state index contributed by atoms with van der Waals surface area (Å²) < 4.78 is 4.48. The predicted molar refractivity (Wildman–Crippen MR) is 54.7 cm³/mol. The van der Waals surface area contributed by atoms with Gasteiger partial charge in [0.05, 0.1) is 0 Å². The molecule has 17 heavy (non-hydrogen) atoms. The molecule has 0 aromatic carbocycles. The summed E-state index contributed by atoms with van der Waals surface area (Å²) in [5.74, 6) is -3.76. The van der Waals surface area contributed by atoms with E-state index in [1.807, 2.05) is 10.6 Å². The van der Waals surface area contributed by atoms with Gasteiger partial charge < -0.3 is 15.2 Å². The lowest BCUT2D eigenvalue weighted by atomic mass is 10.3. The average molecular weight is 244 g/mol. The number of rotatable bonds is 3. The Bertz CT molecular complexity index is 376. The van der Waals surface area contributed by atoms with Crippen molar-refractivity contribution < 1.29 is 29.0 Å². The van der Waals surface area contributed by atoms with Crippen molar-refractivity contribution in [2.24, 2.45) is 0 Å². The number of hydrogen-bond donors (Lipinski definition) is 3. The second kappa shape index (κ2) is 6.26. The first-order chi connectivity index (χ1) is 7.73. The van der Waals surface area contributed by atoms with E-state index < -0.39 is 30.1 Å². The van der Waals surface area contributed by atoms with E-state index in [2.05, 4.69) is 11.3 Å². The molecule has 0 aromatic rings. The van der Waals surface area contributed by atoms with E-state index >= 15 is 0 Å². The summed E-state index contributed by atoms with van der Waals surface area (Å²) in [5, 5.41) is 11.9. The van der Waals surface area contributed by atoms with Crippen molar-refractivity contribution in [3.63, 3.8) is 0 Å². The summed E-state index contributed by atoms with van der Waals surface area (Å²) >= 11 is 0. The molecule has 3 N–H and O–H groups in total. The number of carboxylic acids is 1. The Morgan fingerprint density at radius 1 is 1.24 bits per heavy atom. The molecule has 8 heteroatoms. The molecule has 0 aromatic heterocycles. The topological polar surface area (TPSA) is 122 Å². The van der Waals surface area contributed by atoms with Gasteiger partial charge in [-0.05, 0) is 13.8 Å². The summed E-state index contributed by atoms with van der Waals surface area (Å²) in [7, 11) is 0. The van der Waals surface area contributed by atoms with Crippen LogP contribution in [0.2, 0.25) is 0 Å². The zero-order valence-corrected chi connectivity index (χ0v) is 9.27. The van der Waals surface area contributed by atoms with E-state index in [0.29, 0.717) is 0 Å². The third kappa shape index (κ3) is 5.92. The Kier molecular flexibility index (Phi) is 5.38. The summed E-state index contributed by atoms with van der Waals surface area (Å²) in [6.07, 6.45) is -2.30. The van der Waals surface area contributed by atoms with Crippen LogP contribution >= 0.6 is 0 Å². The first-order valence-electron chi connectivity index (χ1n) is 4.45. The van der Waals surface area contributed by atoms with Crippen LogP contribution in [0.25, 0.3) is 0 Å². The van der Waals surface area contributed by atoms with Crippen LogP contribution in [0, 0.1) is 0 Å². The Morgan fingerprint density at radius 3 is 2.18 bits per heavy atom. The molecule has 94 valence electrons. The SMILES string of the molecule is C=C(C)C(=O)NC(=O)OC(C)NC(=O)C(=O)O. The molecule has 0 radical (unpaired) electrons. The molecule has 0 aliphatic carbocycles. The number of carboxylic acid groups (broad SMARTS) is 1. The number of alkyl carbamates (subject to hydrolysis) is 1. The van der Waals surface area contributed by atoms with Gasteiger partial charge in [0.15, 0.2) is 6.23 Å². The van der Waals surface area contributed by atoms with Crippen LogP contribution in [-0.4, -0.2) is 35.2 Å². The molecule has 1 unspecified atom stereocenters. The number of carbonyl (C=O) groups is 4. The Morgan fingerprint density at radius 2 is 1.76 bits per heavy atom. The van der Waals surface area contributed by atoms with E-state index in [4.69, 9.17) is 5.11 Å². The maximum absolute atomic E-state index is 11.0. The van der Waals surface area contributed by atoms with Crippen molar-refractivity contribution in [3.05, 3.63) is 12.2 Å². The highest BCUT2D eigenvalue weighted by Crippen LogP contribution is 1.90. The highest BCUT2D eigenvalue weighted by molar-refractivity contribution is 6.31. The molecular formula is C9H12N2O6. The minimum atomic E-state index is -1.71. The highest BCUT2D eigenvalue weighted by atomic mass is 16.6. The monoisotopic (exact) mass is 244 g/mol. The zero-order chi connectivity index (χ0) is 13.6. The van der Waals surface area contributed by atoms with E-state index in [0.717, 1.165) is 0 Å². The molecule has 0 aliphatic heterocycles. The molecule has 1 atom stereocenters. The van der Waals surface area contributed by atoms with Gasteiger partial charge >= 0.3 is 18.0 Å². The lowest BCUT2D eigenvalue weighted by molar-refractivity contribution is -0.151. The largest absolute Gasteiger partial charge is 0.474 e. The van der Waals surface area contributed by atoms with Gasteiger partial charge in [0.25, 0.3) is 5.91 Å². The second-order valence-corrected chi connectivity index (χ2v) is 3.06. The Hall–Kier alpha value is -2.38. The molecule has 0 rings (SSSR count). The Labute approximate surface area is 96.6 Å². The summed E-state index contributed by atoms with van der Waals surface area (Å²) in [6.45, 7) is 5.91. The number of carbonyl (C=O) groups excluding carboxylic acids is 3. The van der Waals surface area contributed by atoms with E-state index in [1.54, 1.807) is 0 Å². The maximum Gasteiger partial charge on any atom is 0.416 e. The van der Waals surface area contributed by atoms with E-state index in [9.17, 15) is 19.2 Å². The number of ether oxygens (including phenoxy) is 1. The van der Waals surface area contributed by atoms with Gasteiger partial charge in [-0.15, -0.1) is 0 Å². The van der Waals surface area contributed by atoms with Gasteiger partial charge in [-0.2, -0.15) is 0 Å². The second-order valence-electron chi connectivity index (χ2n) is 3.06. The molecule has 0 aliphatic rings. The Balaban J connectivity index is 4.13. The fraction of sp³-hybridized carbons (Fsp3) is 0.333. The van der Waals surface area contributed by atoms with Crippen LogP contribution in [0.4, 0.5) is 4.79 Å². The fourth-order valence-electron chi connectivity index (χ4n) is 0.665. The number of amides is 3. The zero-order valence-electron chi connectivity index (χ0n) is 9.27. The van der Waals surface area contributed by atoms with Crippen LogP contribution in [0.15, 0.2) is 12.2 Å². The molecule has 8 nitrogen and oxygen atoms in total. The van der Waals surface area contributed by atoms with Crippen LogP contribution < -0.4 is 10.6 Å². The average Bonchev–Trinajstić information content (AvgIpc) is 2.16. The van der Waals surface area contributed by atoms with Gasteiger partial charge in [-0.25, -0.2) is 9.59 Å². The van der Waals surface area contributed by atoms with Crippen LogP contribution in [0.5, 0.6) is 0 Å². The molecule has 0 spiro atoms. The highest BCUT2D eigenvalue weighted by Gasteiger charge is 2.18. The lowest BCUT2D eigenvalue weighted by Crippen LogP contribution is -2.43.